The van der Waals surface area contributed by atoms with Gasteiger partial charge in [0.1, 0.15) is 5.75 Å². The fourth-order valence-corrected chi connectivity index (χ4v) is 3.04. The van der Waals surface area contributed by atoms with Gasteiger partial charge in [-0.3, -0.25) is 0 Å². The van der Waals surface area contributed by atoms with Crippen LogP contribution >= 0.6 is 0 Å². The molecule has 19 heavy (non-hydrogen) atoms. The lowest BCUT2D eigenvalue weighted by Gasteiger charge is -2.25. The van der Waals surface area contributed by atoms with E-state index >= 15 is 0 Å². The van der Waals surface area contributed by atoms with Crippen molar-refractivity contribution in [2.75, 3.05) is 0 Å². The predicted octanol–water partition coefficient (Wildman–Crippen LogP) is 3.20. The zero-order valence-electron chi connectivity index (χ0n) is 12.1. The third-order valence-electron chi connectivity index (χ3n) is 4.29. The maximum atomic E-state index is 5.67. The van der Waals surface area contributed by atoms with E-state index in [1.807, 2.05) is 26.0 Å². The Bertz CT molecular complexity index is 506. The van der Waals surface area contributed by atoms with Crippen molar-refractivity contribution in [3.8, 4) is 5.75 Å². The van der Waals surface area contributed by atoms with Crippen LogP contribution in [0.1, 0.15) is 39.7 Å². The molecule has 3 atom stereocenters. The lowest BCUT2D eigenvalue weighted by molar-refractivity contribution is 0.242. The van der Waals surface area contributed by atoms with Gasteiger partial charge in [-0.25, -0.2) is 0 Å². The summed E-state index contributed by atoms with van der Waals surface area (Å²) in [6.45, 7) is 8.63. The van der Waals surface area contributed by atoms with Crippen molar-refractivity contribution in [3.63, 3.8) is 0 Å². The Labute approximate surface area is 115 Å². The third-order valence-corrected chi connectivity index (χ3v) is 4.29. The van der Waals surface area contributed by atoms with E-state index in [4.69, 9.17) is 4.74 Å². The van der Waals surface area contributed by atoms with Gasteiger partial charge in [-0.15, -0.1) is 0 Å². The highest BCUT2D eigenvalue weighted by atomic mass is 16.5. The normalized spacial score (nSPS) is 32.4. The van der Waals surface area contributed by atoms with Crippen molar-refractivity contribution >= 4 is 5.71 Å². The molecule has 2 unspecified atom stereocenters. The highest BCUT2D eigenvalue weighted by Crippen LogP contribution is 2.51. The quantitative estimate of drug-likeness (QED) is 0.903. The van der Waals surface area contributed by atoms with Gasteiger partial charge in [0, 0.05) is 5.92 Å². The van der Waals surface area contributed by atoms with Crippen molar-refractivity contribution in [1.29, 1.82) is 0 Å². The minimum atomic E-state index is 0.214. The molecule has 2 aliphatic rings. The van der Waals surface area contributed by atoms with E-state index in [-0.39, 0.29) is 11.6 Å². The Morgan fingerprint density at radius 1 is 1.32 bits per heavy atom. The van der Waals surface area contributed by atoms with Crippen LogP contribution in [0.25, 0.3) is 0 Å². The fourth-order valence-electron chi connectivity index (χ4n) is 3.04. The summed E-state index contributed by atoms with van der Waals surface area (Å²) in [7, 11) is 0. The van der Waals surface area contributed by atoms with Crippen LogP contribution in [0, 0.1) is 11.8 Å². The van der Waals surface area contributed by atoms with E-state index in [1.54, 1.807) is 0 Å². The molecule has 1 fully saturated rings. The Morgan fingerprint density at radius 3 is 2.63 bits per heavy atom. The molecule has 1 N–H and O–H groups in total. The number of ether oxygens (including phenoxy) is 1. The van der Waals surface area contributed by atoms with Gasteiger partial charge in [0.2, 0.25) is 0 Å². The first kappa shape index (κ1) is 12.5. The Balaban J connectivity index is 1.79. The molecule has 0 bridgehead atoms. The molecule has 0 radical (unpaired) electrons. The van der Waals surface area contributed by atoms with Gasteiger partial charge in [-0.1, -0.05) is 6.92 Å². The topological polar surface area (TPSA) is 33.6 Å². The van der Waals surface area contributed by atoms with Crippen LogP contribution in [0.3, 0.4) is 0 Å². The fraction of sp³-hybridized carbons (Fsp3) is 0.562. The maximum Gasteiger partial charge on any atom is 0.119 e. The van der Waals surface area contributed by atoms with Gasteiger partial charge in [-0.2, -0.15) is 5.10 Å². The molecule has 3 rings (SSSR count). The van der Waals surface area contributed by atoms with Gasteiger partial charge in [0.15, 0.2) is 0 Å². The molecule has 102 valence electrons. The zero-order valence-corrected chi connectivity index (χ0v) is 12.1. The molecule has 1 aromatic rings. The molecule has 3 heteroatoms. The largest absolute Gasteiger partial charge is 0.491 e. The molecule has 1 aliphatic carbocycles. The summed E-state index contributed by atoms with van der Waals surface area (Å²) < 4.78 is 5.67. The number of nitrogens with zero attached hydrogens (tertiary/aromatic N) is 1. The first-order valence-corrected chi connectivity index (χ1v) is 7.11. The number of hydrogen-bond acceptors (Lipinski definition) is 3. The summed E-state index contributed by atoms with van der Waals surface area (Å²) >= 11 is 0. The number of benzene rings is 1. The summed E-state index contributed by atoms with van der Waals surface area (Å²) in [5, 5.41) is 4.59. The minimum Gasteiger partial charge on any atom is -0.491 e. The van der Waals surface area contributed by atoms with Crippen molar-refractivity contribution in [2.24, 2.45) is 16.9 Å². The first-order valence-electron chi connectivity index (χ1n) is 7.11. The lowest BCUT2D eigenvalue weighted by Crippen LogP contribution is -2.36. The van der Waals surface area contributed by atoms with Crippen molar-refractivity contribution in [1.82, 2.24) is 5.43 Å². The minimum absolute atomic E-state index is 0.214. The summed E-state index contributed by atoms with van der Waals surface area (Å²) in [6.07, 6.45) is 1.45. The van der Waals surface area contributed by atoms with Gasteiger partial charge in [0.25, 0.3) is 0 Å². The van der Waals surface area contributed by atoms with E-state index in [2.05, 4.69) is 36.5 Å². The molecule has 1 saturated carbocycles. The van der Waals surface area contributed by atoms with Crippen LogP contribution in [0.2, 0.25) is 0 Å². The van der Waals surface area contributed by atoms with Crippen LogP contribution in [0.15, 0.2) is 29.4 Å². The van der Waals surface area contributed by atoms with Gasteiger partial charge in [0.05, 0.1) is 17.4 Å². The molecule has 0 aromatic heterocycles. The molecule has 0 saturated heterocycles. The number of hydrazone groups is 1. The maximum absolute atomic E-state index is 5.67. The average Bonchev–Trinajstić information content (AvgIpc) is 3.04. The second kappa shape index (κ2) is 4.26. The summed E-state index contributed by atoms with van der Waals surface area (Å²) in [4.78, 5) is 0. The monoisotopic (exact) mass is 258 g/mol. The number of rotatable bonds is 3. The molecular weight excluding hydrogens is 236 g/mol. The van der Waals surface area contributed by atoms with E-state index in [0.717, 1.165) is 11.7 Å². The molecule has 3 nitrogen and oxygen atoms in total. The second-order valence-corrected chi connectivity index (χ2v) is 6.32. The van der Waals surface area contributed by atoms with Crippen LogP contribution in [0.5, 0.6) is 5.75 Å². The van der Waals surface area contributed by atoms with Crippen LogP contribution in [0.4, 0.5) is 0 Å². The smallest absolute Gasteiger partial charge is 0.119 e. The molecule has 1 aliphatic heterocycles. The first-order chi connectivity index (χ1) is 8.99. The van der Waals surface area contributed by atoms with Crippen molar-refractivity contribution in [2.45, 2.75) is 45.8 Å². The average molecular weight is 258 g/mol. The SMILES string of the molecule is CC(C)Oc1ccc(C2=NNC3(C)CC3[C@H]2C)cc1. The Kier molecular flexibility index (Phi) is 2.80. The van der Waals surface area contributed by atoms with Crippen molar-refractivity contribution < 1.29 is 4.74 Å². The van der Waals surface area contributed by atoms with Crippen LogP contribution < -0.4 is 10.2 Å². The standard InChI is InChI=1S/C16H22N2O/c1-10(2)19-13-7-5-12(6-8-13)15-11(3)14-9-16(14,4)18-17-15/h5-8,10-11,14,18H,9H2,1-4H3/t11-,14?,16?/m1/s1. The Morgan fingerprint density at radius 2 is 2.00 bits per heavy atom. The zero-order chi connectivity index (χ0) is 13.6. The van der Waals surface area contributed by atoms with Gasteiger partial charge in [-0.05, 0) is 62.9 Å². The summed E-state index contributed by atoms with van der Waals surface area (Å²) in [5.41, 5.74) is 5.94. The lowest BCUT2D eigenvalue weighted by atomic mass is 9.91. The van der Waals surface area contributed by atoms with Crippen LogP contribution in [-0.4, -0.2) is 17.4 Å². The molecule has 1 aromatic carbocycles. The van der Waals surface area contributed by atoms with Crippen LogP contribution in [-0.2, 0) is 0 Å². The van der Waals surface area contributed by atoms with Crippen molar-refractivity contribution in [3.05, 3.63) is 29.8 Å². The number of fused-ring (bicyclic) bond motifs is 1. The molecule has 1 heterocycles. The summed E-state index contributed by atoms with van der Waals surface area (Å²) in [5.74, 6) is 2.18. The highest BCUT2D eigenvalue weighted by Gasteiger charge is 2.56. The second-order valence-electron chi connectivity index (χ2n) is 6.32. The number of hydrogen-bond donors (Lipinski definition) is 1. The van der Waals surface area contributed by atoms with E-state index < -0.39 is 0 Å². The van der Waals surface area contributed by atoms with E-state index in [0.29, 0.717) is 5.92 Å². The Hall–Kier alpha value is -1.51. The molecule has 0 spiro atoms. The molecular formula is C16H22N2O. The summed E-state index contributed by atoms with van der Waals surface area (Å²) in [6, 6.07) is 8.29. The molecule has 0 amide bonds. The van der Waals surface area contributed by atoms with E-state index in [1.165, 1.54) is 17.7 Å². The predicted molar refractivity (Wildman–Crippen MR) is 77.6 cm³/mol. The number of nitrogens with one attached hydrogen (secondary N) is 1. The van der Waals surface area contributed by atoms with E-state index in [9.17, 15) is 0 Å². The van der Waals surface area contributed by atoms with Gasteiger partial charge < -0.3 is 10.2 Å². The highest BCUT2D eigenvalue weighted by molar-refractivity contribution is 6.03. The third kappa shape index (κ3) is 2.22. The van der Waals surface area contributed by atoms with Gasteiger partial charge >= 0.3 is 0 Å².